The highest BCUT2D eigenvalue weighted by Gasteiger charge is 2.38. The van der Waals surface area contributed by atoms with E-state index in [1.54, 1.807) is 6.20 Å². The molecule has 0 saturated carbocycles. The molecule has 4 atom stereocenters. The molecule has 1 aliphatic rings. The Morgan fingerprint density at radius 1 is 1.32 bits per heavy atom. The van der Waals surface area contributed by atoms with E-state index in [1.807, 2.05) is 6.92 Å². The molecular formula is C12H16N4O3. The van der Waals surface area contributed by atoms with Crippen molar-refractivity contribution in [2.45, 2.75) is 37.6 Å². The van der Waals surface area contributed by atoms with E-state index >= 15 is 0 Å². The minimum Gasteiger partial charge on any atom is -0.389 e. The normalized spacial score (nSPS) is 31.1. The summed E-state index contributed by atoms with van der Waals surface area (Å²) in [6, 6.07) is -0.397. The topological polar surface area (TPSA) is 114 Å². The Bertz CT molecular complexity index is 650. The van der Waals surface area contributed by atoms with Gasteiger partial charge < -0.3 is 25.5 Å². The van der Waals surface area contributed by atoms with Crippen LogP contribution in [0.1, 0.15) is 12.5 Å². The van der Waals surface area contributed by atoms with E-state index in [4.69, 9.17) is 0 Å². The van der Waals surface area contributed by atoms with E-state index in [0.29, 0.717) is 17.5 Å². The van der Waals surface area contributed by atoms with Gasteiger partial charge in [-0.1, -0.05) is 0 Å². The largest absolute Gasteiger partial charge is 0.389 e. The van der Waals surface area contributed by atoms with Gasteiger partial charge in [0.15, 0.2) is 0 Å². The van der Waals surface area contributed by atoms with Gasteiger partial charge in [-0.3, -0.25) is 4.79 Å². The summed E-state index contributed by atoms with van der Waals surface area (Å²) in [5.41, 5.74) is 1.66. The zero-order valence-corrected chi connectivity index (χ0v) is 10.4. The Kier molecular flexibility index (Phi) is 2.89. The first-order valence-corrected chi connectivity index (χ1v) is 6.23. The molecule has 0 aliphatic carbocycles. The van der Waals surface area contributed by atoms with Crippen molar-refractivity contribution in [1.82, 2.24) is 20.3 Å². The first-order chi connectivity index (χ1) is 9.08. The van der Waals surface area contributed by atoms with Crippen molar-refractivity contribution in [3.05, 3.63) is 28.4 Å². The molecule has 0 amide bonds. The van der Waals surface area contributed by atoms with Crippen LogP contribution in [0.5, 0.6) is 0 Å². The summed E-state index contributed by atoms with van der Waals surface area (Å²) in [4.78, 5) is 21.1. The van der Waals surface area contributed by atoms with E-state index in [0.717, 1.165) is 5.56 Å². The standard InChI is InChI=1S/C12H16N4O3/c1-5-10(17)11(18)7(16-5)2-6-3-13-9-8(6)14-4-15-12(9)19/h3-5,7,10-11,13,16-18H,2H2,1H3,(H,14,15,19). The minimum absolute atomic E-state index is 0.151. The Morgan fingerprint density at radius 3 is 2.79 bits per heavy atom. The molecule has 0 bridgehead atoms. The van der Waals surface area contributed by atoms with Crippen LogP contribution in [0.15, 0.2) is 17.3 Å². The molecule has 2 aromatic rings. The first-order valence-electron chi connectivity index (χ1n) is 6.23. The molecule has 7 nitrogen and oxygen atoms in total. The summed E-state index contributed by atoms with van der Waals surface area (Å²) < 4.78 is 0. The van der Waals surface area contributed by atoms with Crippen molar-refractivity contribution >= 4 is 11.0 Å². The Labute approximate surface area is 108 Å². The Morgan fingerprint density at radius 2 is 2.11 bits per heavy atom. The second-order valence-electron chi connectivity index (χ2n) is 5.02. The maximum Gasteiger partial charge on any atom is 0.275 e. The molecule has 5 N–H and O–H groups in total. The zero-order chi connectivity index (χ0) is 13.6. The van der Waals surface area contributed by atoms with Crippen LogP contribution in [0.4, 0.5) is 0 Å². The number of aliphatic hydroxyl groups excluding tert-OH is 2. The highest BCUT2D eigenvalue weighted by atomic mass is 16.3. The molecule has 1 aliphatic heterocycles. The van der Waals surface area contributed by atoms with Crippen molar-refractivity contribution in [2.75, 3.05) is 0 Å². The monoisotopic (exact) mass is 264 g/mol. The quantitative estimate of drug-likeness (QED) is 0.471. The molecule has 102 valence electrons. The van der Waals surface area contributed by atoms with Gasteiger partial charge in [0.25, 0.3) is 5.56 Å². The van der Waals surface area contributed by atoms with Gasteiger partial charge in [0.2, 0.25) is 0 Å². The fourth-order valence-corrected chi connectivity index (χ4v) is 2.65. The zero-order valence-electron chi connectivity index (χ0n) is 10.4. The van der Waals surface area contributed by atoms with Gasteiger partial charge in [0.05, 0.1) is 24.1 Å². The molecule has 3 heterocycles. The van der Waals surface area contributed by atoms with Crippen molar-refractivity contribution in [2.24, 2.45) is 0 Å². The van der Waals surface area contributed by atoms with Crippen LogP contribution in [0.25, 0.3) is 11.0 Å². The minimum atomic E-state index is -0.818. The van der Waals surface area contributed by atoms with Gasteiger partial charge in [-0.2, -0.15) is 0 Å². The SMILES string of the molecule is CC1NC(Cc2c[nH]c3c(=O)[nH]cnc23)C(O)C1O. The van der Waals surface area contributed by atoms with Crippen LogP contribution in [0.2, 0.25) is 0 Å². The van der Waals surface area contributed by atoms with E-state index in [1.165, 1.54) is 6.33 Å². The fourth-order valence-electron chi connectivity index (χ4n) is 2.65. The number of hydrogen-bond acceptors (Lipinski definition) is 5. The van der Waals surface area contributed by atoms with Crippen molar-refractivity contribution in [3.63, 3.8) is 0 Å². The second-order valence-corrected chi connectivity index (χ2v) is 5.02. The van der Waals surface area contributed by atoms with Crippen LogP contribution in [0.3, 0.4) is 0 Å². The number of aliphatic hydroxyl groups is 2. The van der Waals surface area contributed by atoms with Gasteiger partial charge in [0, 0.05) is 18.3 Å². The Hall–Kier alpha value is -1.70. The molecule has 0 aromatic carbocycles. The highest BCUT2D eigenvalue weighted by molar-refractivity contribution is 5.77. The number of nitrogens with zero attached hydrogens (tertiary/aromatic N) is 1. The molecule has 2 aromatic heterocycles. The van der Waals surface area contributed by atoms with Crippen molar-refractivity contribution in [1.29, 1.82) is 0 Å². The molecule has 19 heavy (non-hydrogen) atoms. The van der Waals surface area contributed by atoms with Crippen LogP contribution < -0.4 is 10.9 Å². The lowest BCUT2D eigenvalue weighted by Gasteiger charge is -2.14. The van der Waals surface area contributed by atoms with E-state index in [2.05, 4.69) is 20.3 Å². The van der Waals surface area contributed by atoms with E-state index < -0.39 is 12.2 Å². The Balaban J connectivity index is 1.91. The van der Waals surface area contributed by atoms with Gasteiger partial charge in [-0.25, -0.2) is 4.98 Å². The third kappa shape index (κ3) is 1.95. The average Bonchev–Trinajstić information content (AvgIpc) is 2.90. The summed E-state index contributed by atoms with van der Waals surface area (Å²) in [7, 11) is 0. The number of hydrogen-bond donors (Lipinski definition) is 5. The lowest BCUT2D eigenvalue weighted by Crippen LogP contribution is -2.34. The van der Waals surface area contributed by atoms with E-state index in [-0.39, 0.29) is 17.6 Å². The number of aromatic amines is 2. The maximum absolute atomic E-state index is 11.6. The second kappa shape index (κ2) is 4.44. The molecular weight excluding hydrogens is 248 g/mol. The highest BCUT2D eigenvalue weighted by Crippen LogP contribution is 2.20. The number of H-pyrrole nitrogens is 2. The molecule has 0 radical (unpaired) electrons. The summed E-state index contributed by atoms with van der Waals surface area (Å²) in [6.07, 6.45) is 1.99. The van der Waals surface area contributed by atoms with Crippen molar-refractivity contribution in [3.8, 4) is 0 Å². The molecule has 3 rings (SSSR count). The van der Waals surface area contributed by atoms with Crippen LogP contribution in [-0.2, 0) is 6.42 Å². The number of aromatic nitrogens is 3. The third-order valence-electron chi connectivity index (χ3n) is 3.74. The van der Waals surface area contributed by atoms with Gasteiger partial charge in [0.1, 0.15) is 5.52 Å². The summed E-state index contributed by atoms with van der Waals surface area (Å²) in [6.45, 7) is 1.83. The lowest BCUT2D eigenvalue weighted by atomic mass is 10.0. The predicted octanol–water partition coefficient (Wildman–Crippen LogP) is -1.12. The average molecular weight is 264 g/mol. The smallest absolute Gasteiger partial charge is 0.275 e. The first kappa shape index (κ1) is 12.3. The maximum atomic E-state index is 11.6. The van der Waals surface area contributed by atoms with Crippen molar-refractivity contribution < 1.29 is 10.2 Å². The van der Waals surface area contributed by atoms with Gasteiger partial charge in [-0.15, -0.1) is 0 Å². The predicted molar refractivity (Wildman–Crippen MR) is 68.8 cm³/mol. The molecule has 7 heteroatoms. The van der Waals surface area contributed by atoms with Crippen LogP contribution in [-0.4, -0.2) is 49.5 Å². The van der Waals surface area contributed by atoms with Crippen LogP contribution in [0, 0.1) is 0 Å². The fraction of sp³-hybridized carbons (Fsp3) is 0.500. The third-order valence-corrected chi connectivity index (χ3v) is 3.74. The molecule has 4 unspecified atom stereocenters. The number of rotatable bonds is 2. The van der Waals surface area contributed by atoms with Gasteiger partial charge >= 0.3 is 0 Å². The van der Waals surface area contributed by atoms with Crippen LogP contribution >= 0.6 is 0 Å². The number of fused-ring (bicyclic) bond motifs is 1. The summed E-state index contributed by atoms with van der Waals surface area (Å²) in [5.74, 6) is 0. The molecule has 1 saturated heterocycles. The summed E-state index contributed by atoms with van der Waals surface area (Å²) in [5, 5.41) is 22.8. The molecule has 0 spiro atoms. The summed E-state index contributed by atoms with van der Waals surface area (Å²) >= 11 is 0. The van der Waals surface area contributed by atoms with Gasteiger partial charge in [-0.05, 0) is 18.9 Å². The lowest BCUT2D eigenvalue weighted by molar-refractivity contribution is 0.0304. The van der Waals surface area contributed by atoms with E-state index in [9.17, 15) is 15.0 Å². The number of nitrogens with one attached hydrogen (secondary N) is 3. The molecule has 1 fully saturated rings.